The maximum atomic E-state index is 4.57. The van der Waals surface area contributed by atoms with E-state index < -0.39 is 0 Å². The predicted molar refractivity (Wildman–Crippen MR) is 69.1 cm³/mol. The number of nitrogens with zero attached hydrogens (tertiary/aromatic N) is 2. The third-order valence-electron chi connectivity index (χ3n) is 2.59. The highest BCUT2D eigenvalue weighted by atomic mass is 32.1. The molecule has 0 aliphatic heterocycles. The largest absolute Gasteiger partial charge is 0.311 e. The van der Waals surface area contributed by atoms with Crippen molar-refractivity contribution >= 4 is 16.3 Å². The van der Waals surface area contributed by atoms with E-state index in [9.17, 15) is 0 Å². The van der Waals surface area contributed by atoms with E-state index in [1.54, 1.807) is 11.3 Å². The van der Waals surface area contributed by atoms with E-state index in [0.717, 1.165) is 23.7 Å². The Hall–Kier alpha value is -0.870. The van der Waals surface area contributed by atoms with Crippen LogP contribution < -0.4 is 5.32 Å². The molecule has 88 valence electrons. The van der Waals surface area contributed by atoms with Gasteiger partial charge in [-0.15, -0.1) is 11.3 Å². The lowest BCUT2D eigenvalue weighted by Crippen LogP contribution is -2.20. The predicted octanol–water partition coefficient (Wildman–Crippen LogP) is 2.76. The Morgan fingerprint density at radius 1 is 1.44 bits per heavy atom. The second-order valence-electron chi connectivity index (χ2n) is 4.66. The Kier molecular flexibility index (Phi) is 3.30. The first-order valence-corrected chi connectivity index (χ1v) is 6.54. The summed E-state index contributed by atoms with van der Waals surface area (Å²) in [6.07, 6.45) is 2.17. The van der Waals surface area contributed by atoms with E-state index in [0.29, 0.717) is 5.92 Å². The molecule has 2 heterocycles. The van der Waals surface area contributed by atoms with Crippen LogP contribution in [-0.4, -0.2) is 15.9 Å². The number of thiazole rings is 1. The second kappa shape index (κ2) is 4.55. The van der Waals surface area contributed by atoms with Crippen molar-refractivity contribution in [2.24, 2.45) is 5.92 Å². The van der Waals surface area contributed by atoms with E-state index in [1.807, 2.05) is 0 Å². The molecular weight excluding hydrogens is 218 g/mol. The zero-order chi connectivity index (χ0) is 11.7. The fourth-order valence-corrected chi connectivity index (χ4v) is 2.69. The monoisotopic (exact) mass is 237 g/mol. The van der Waals surface area contributed by atoms with Gasteiger partial charge in [-0.3, -0.25) is 4.40 Å². The minimum atomic E-state index is 0.688. The van der Waals surface area contributed by atoms with Gasteiger partial charge < -0.3 is 5.32 Å². The van der Waals surface area contributed by atoms with Crippen LogP contribution in [0.1, 0.15) is 30.1 Å². The average molecular weight is 237 g/mol. The molecule has 0 radical (unpaired) electrons. The van der Waals surface area contributed by atoms with Gasteiger partial charge in [0.25, 0.3) is 0 Å². The molecule has 0 atom stereocenters. The van der Waals surface area contributed by atoms with Crippen LogP contribution in [-0.2, 0) is 6.54 Å². The Balaban J connectivity index is 2.18. The molecule has 2 rings (SSSR count). The molecule has 0 bridgehead atoms. The molecule has 0 aliphatic carbocycles. The lowest BCUT2D eigenvalue weighted by molar-refractivity contribution is 0.546. The van der Waals surface area contributed by atoms with Crippen molar-refractivity contribution < 1.29 is 0 Å². The standard InChI is InChI=1S/C12H19N3S/c1-8(2)5-13-6-11-10(4)14-12-15(11)7-9(3)16-12/h7-8,13H,5-6H2,1-4H3. The van der Waals surface area contributed by atoms with Gasteiger partial charge in [-0.05, 0) is 26.3 Å². The molecule has 16 heavy (non-hydrogen) atoms. The fraction of sp³-hybridized carbons (Fsp3) is 0.583. The van der Waals surface area contributed by atoms with Crippen molar-refractivity contribution in [2.75, 3.05) is 6.54 Å². The highest BCUT2D eigenvalue weighted by Crippen LogP contribution is 2.20. The molecule has 0 saturated heterocycles. The average Bonchev–Trinajstić information content (AvgIpc) is 2.64. The molecule has 0 fully saturated rings. The first-order valence-electron chi connectivity index (χ1n) is 5.72. The summed E-state index contributed by atoms with van der Waals surface area (Å²) in [6, 6.07) is 0. The summed E-state index contributed by atoms with van der Waals surface area (Å²) >= 11 is 1.75. The van der Waals surface area contributed by atoms with Gasteiger partial charge in [-0.25, -0.2) is 4.98 Å². The maximum Gasteiger partial charge on any atom is 0.194 e. The Labute approximate surface area is 101 Å². The van der Waals surface area contributed by atoms with Crippen molar-refractivity contribution in [2.45, 2.75) is 34.2 Å². The van der Waals surface area contributed by atoms with Gasteiger partial charge in [-0.2, -0.15) is 0 Å². The Morgan fingerprint density at radius 2 is 2.19 bits per heavy atom. The SMILES string of the molecule is Cc1cn2c(CNCC(C)C)c(C)nc2s1. The van der Waals surface area contributed by atoms with Gasteiger partial charge in [-0.1, -0.05) is 13.8 Å². The number of rotatable bonds is 4. The van der Waals surface area contributed by atoms with Crippen molar-refractivity contribution in [3.8, 4) is 0 Å². The summed E-state index contributed by atoms with van der Waals surface area (Å²) in [5.74, 6) is 0.688. The van der Waals surface area contributed by atoms with E-state index in [4.69, 9.17) is 0 Å². The quantitative estimate of drug-likeness (QED) is 0.886. The molecule has 0 saturated carbocycles. The topological polar surface area (TPSA) is 29.3 Å². The van der Waals surface area contributed by atoms with Crippen LogP contribution in [0.3, 0.4) is 0 Å². The van der Waals surface area contributed by atoms with Gasteiger partial charge >= 0.3 is 0 Å². The fourth-order valence-electron chi connectivity index (χ4n) is 1.80. The minimum absolute atomic E-state index is 0.688. The maximum absolute atomic E-state index is 4.57. The number of fused-ring (bicyclic) bond motifs is 1. The van der Waals surface area contributed by atoms with Crippen LogP contribution in [0.25, 0.3) is 4.96 Å². The third-order valence-corrected chi connectivity index (χ3v) is 3.48. The normalized spacial score (nSPS) is 11.8. The van der Waals surface area contributed by atoms with Crippen molar-refractivity contribution in [1.82, 2.24) is 14.7 Å². The van der Waals surface area contributed by atoms with Crippen LogP contribution in [0.15, 0.2) is 6.20 Å². The van der Waals surface area contributed by atoms with Gasteiger partial charge in [0, 0.05) is 17.6 Å². The van der Waals surface area contributed by atoms with E-state index in [-0.39, 0.29) is 0 Å². The summed E-state index contributed by atoms with van der Waals surface area (Å²) in [4.78, 5) is 6.99. The smallest absolute Gasteiger partial charge is 0.194 e. The van der Waals surface area contributed by atoms with Gasteiger partial charge in [0.1, 0.15) is 0 Å². The molecule has 4 heteroatoms. The van der Waals surface area contributed by atoms with Gasteiger partial charge in [0.05, 0.1) is 11.4 Å². The molecule has 3 nitrogen and oxygen atoms in total. The molecule has 2 aromatic rings. The lowest BCUT2D eigenvalue weighted by atomic mass is 10.2. The van der Waals surface area contributed by atoms with Gasteiger partial charge in [0.2, 0.25) is 0 Å². The molecule has 0 spiro atoms. The summed E-state index contributed by atoms with van der Waals surface area (Å²) in [6.45, 7) is 10.6. The molecule has 0 unspecified atom stereocenters. The van der Waals surface area contributed by atoms with E-state index in [2.05, 4.69) is 48.6 Å². The Morgan fingerprint density at radius 3 is 2.88 bits per heavy atom. The van der Waals surface area contributed by atoms with Crippen LogP contribution in [0.5, 0.6) is 0 Å². The summed E-state index contributed by atoms with van der Waals surface area (Å²) in [5, 5.41) is 3.47. The number of imidazole rings is 1. The van der Waals surface area contributed by atoms with Crippen molar-refractivity contribution in [1.29, 1.82) is 0 Å². The lowest BCUT2D eigenvalue weighted by Gasteiger charge is -2.07. The van der Waals surface area contributed by atoms with Crippen molar-refractivity contribution in [3.63, 3.8) is 0 Å². The summed E-state index contributed by atoms with van der Waals surface area (Å²) < 4.78 is 2.21. The third kappa shape index (κ3) is 2.28. The molecule has 0 aliphatic rings. The van der Waals surface area contributed by atoms with Crippen LogP contribution in [0.2, 0.25) is 0 Å². The Bertz CT molecular complexity index is 482. The second-order valence-corrected chi connectivity index (χ2v) is 5.88. The number of hydrogen-bond acceptors (Lipinski definition) is 3. The molecule has 2 aromatic heterocycles. The zero-order valence-electron chi connectivity index (χ0n) is 10.4. The minimum Gasteiger partial charge on any atom is -0.311 e. The van der Waals surface area contributed by atoms with Crippen molar-refractivity contribution in [3.05, 3.63) is 22.5 Å². The highest BCUT2D eigenvalue weighted by molar-refractivity contribution is 7.17. The van der Waals surface area contributed by atoms with Gasteiger partial charge in [0.15, 0.2) is 4.96 Å². The van der Waals surface area contributed by atoms with Crippen LogP contribution in [0, 0.1) is 19.8 Å². The first-order chi connectivity index (χ1) is 7.58. The summed E-state index contributed by atoms with van der Waals surface area (Å²) in [5.41, 5.74) is 2.43. The highest BCUT2D eigenvalue weighted by Gasteiger charge is 2.10. The molecular formula is C12H19N3S. The molecule has 1 N–H and O–H groups in total. The van der Waals surface area contributed by atoms with Crippen LogP contribution in [0.4, 0.5) is 0 Å². The van der Waals surface area contributed by atoms with E-state index in [1.165, 1.54) is 10.6 Å². The van der Waals surface area contributed by atoms with Crippen LogP contribution >= 0.6 is 11.3 Å². The molecule has 0 aromatic carbocycles. The molecule has 0 amide bonds. The zero-order valence-corrected chi connectivity index (χ0v) is 11.2. The first kappa shape index (κ1) is 11.6. The number of aromatic nitrogens is 2. The number of aryl methyl sites for hydroxylation is 2. The van der Waals surface area contributed by atoms with E-state index >= 15 is 0 Å². The number of nitrogens with one attached hydrogen (secondary N) is 1. The summed E-state index contributed by atoms with van der Waals surface area (Å²) in [7, 11) is 0. The number of hydrogen-bond donors (Lipinski definition) is 1.